The highest BCUT2D eigenvalue weighted by atomic mass is 32.2. The fourth-order valence-corrected chi connectivity index (χ4v) is 6.74. The van der Waals surface area contributed by atoms with Crippen LogP contribution in [0.25, 0.3) is 0 Å². The lowest BCUT2D eigenvalue weighted by molar-refractivity contribution is -0.140. The second-order valence-electron chi connectivity index (χ2n) is 12.0. The maximum Gasteiger partial charge on any atom is 0.244 e. The second-order valence-corrected chi connectivity index (χ2v) is 13.9. The molecule has 0 unspecified atom stereocenters. The van der Waals surface area contributed by atoms with E-state index in [-0.39, 0.29) is 24.4 Å². The van der Waals surface area contributed by atoms with Crippen molar-refractivity contribution in [1.82, 2.24) is 10.2 Å². The Hall–Kier alpha value is -3.65. The van der Waals surface area contributed by atoms with E-state index in [0.29, 0.717) is 12.1 Å². The Morgan fingerprint density at radius 3 is 2.16 bits per heavy atom. The molecule has 1 saturated carbocycles. The number of nitrogens with zero attached hydrogens (tertiary/aromatic N) is 2. The van der Waals surface area contributed by atoms with Gasteiger partial charge in [0, 0.05) is 19.0 Å². The van der Waals surface area contributed by atoms with Gasteiger partial charge in [0.1, 0.15) is 12.6 Å². The summed E-state index contributed by atoms with van der Waals surface area (Å²) in [5.74, 6) is -0.580. The maximum atomic E-state index is 14.4. The minimum Gasteiger partial charge on any atom is -0.352 e. The Bertz CT molecular complexity index is 1480. The number of carbonyl (C=O) groups excluding carboxylic acids is 2. The van der Waals surface area contributed by atoms with Gasteiger partial charge < -0.3 is 10.2 Å². The lowest BCUT2D eigenvalue weighted by Crippen LogP contribution is -2.55. The van der Waals surface area contributed by atoms with E-state index in [1.807, 2.05) is 87.5 Å². The molecule has 2 amide bonds. The van der Waals surface area contributed by atoms with Gasteiger partial charge in [-0.25, -0.2) is 8.42 Å². The molecule has 3 aromatic rings. The molecule has 8 heteroatoms. The predicted molar refractivity (Wildman–Crippen MR) is 173 cm³/mol. The first-order valence-corrected chi connectivity index (χ1v) is 17.1. The largest absolute Gasteiger partial charge is 0.352 e. The molecule has 0 bridgehead atoms. The van der Waals surface area contributed by atoms with Gasteiger partial charge in [0.2, 0.25) is 21.8 Å². The van der Waals surface area contributed by atoms with Gasteiger partial charge in [-0.15, -0.1) is 0 Å². The van der Waals surface area contributed by atoms with Gasteiger partial charge in [0.15, 0.2) is 0 Å². The van der Waals surface area contributed by atoms with Crippen LogP contribution in [-0.4, -0.2) is 50.0 Å². The smallest absolute Gasteiger partial charge is 0.244 e. The van der Waals surface area contributed by atoms with Crippen LogP contribution in [0.5, 0.6) is 0 Å². The Balaban J connectivity index is 1.76. The summed E-state index contributed by atoms with van der Waals surface area (Å²) < 4.78 is 27.6. The fraction of sp³-hybridized carbons (Fsp3) is 0.429. The summed E-state index contributed by atoms with van der Waals surface area (Å²) in [6.07, 6.45) is 6.58. The molecule has 0 saturated heterocycles. The van der Waals surface area contributed by atoms with Gasteiger partial charge in [-0.3, -0.25) is 13.9 Å². The third-order valence-electron chi connectivity index (χ3n) is 8.33. The summed E-state index contributed by atoms with van der Waals surface area (Å²) in [5, 5.41) is 3.25. The highest BCUT2D eigenvalue weighted by molar-refractivity contribution is 7.92. The van der Waals surface area contributed by atoms with Crippen molar-refractivity contribution in [3.05, 3.63) is 101 Å². The highest BCUT2D eigenvalue weighted by Crippen LogP contribution is 2.29. The van der Waals surface area contributed by atoms with E-state index >= 15 is 0 Å². The van der Waals surface area contributed by atoms with Crippen LogP contribution in [0.4, 0.5) is 5.69 Å². The molecule has 0 aromatic heterocycles. The van der Waals surface area contributed by atoms with Crippen molar-refractivity contribution < 1.29 is 18.0 Å². The third-order valence-corrected chi connectivity index (χ3v) is 9.46. The van der Waals surface area contributed by atoms with Gasteiger partial charge >= 0.3 is 0 Å². The Kier molecular flexibility index (Phi) is 11.0. The van der Waals surface area contributed by atoms with Crippen LogP contribution in [0.15, 0.2) is 78.9 Å². The predicted octanol–water partition coefficient (Wildman–Crippen LogP) is 5.97. The van der Waals surface area contributed by atoms with Gasteiger partial charge in [-0.2, -0.15) is 0 Å². The minimum atomic E-state index is -3.83. The molecule has 3 aromatic carbocycles. The van der Waals surface area contributed by atoms with Crippen molar-refractivity contribution in [3.63, 3.8) is 0 Å². The summed E-state index contributed by atoms with van der Waals surface area (Å²) in [6, 6.07) is 24.0. The van der Waals surface area contributed by atoms with Crippen molar-refractivity contribution >= 4 is 27.5 Å². The topological polar surface area (TPSA) is 86.8 Å². The van der Waals surface area contributed by atoms with Crippen molar-refractivity contribution in [1.29, 1.82) is 0 Å². The van der Waals surface area contributed by atoms with Crippen LogP contribution in [0, 0.1) is 6.92 Å². The van der Waals surface area contributed by atoms with Crippen molar-refractivity contribution in [2.75, 3.05) is 17.1 Å². The first-order chi connectivity index (χ1) is 20.5. The Labute approximate surface area is 257 Å². The molecule has 1 aliphatic carbocycles. The molecule has 1 aliphatic rings. The molecule has 1 fully saturated rings. The number of anilines is 1. The summed E-state index contributed by atoms with van der Waals surface area (Å²) in [5.41, 5.74) is 4.15. The number of para-hydroxylation sites is 1. The van der Waals surface area contributed by atoms with E-state index in [4.69, 9.17) is 0 Å². The van der Waals surface area contributed by atoms with Crippen LogP contribution >= 0.6 is 0 Å². The summed E-state index contributed by atoms with van der Waals surface area (Å²) in [6.45, 7) is 5.75. The van der Waals surface area contributed by atoms with Crippen molar-refractivity contribution in [3.8, 4) is 0 Å². The van der Waals surface area contributed by atoms with Gasteiger partial charge in [0.25, 0.3) is 0 Å². The van der Waals surface area contributed by atoms with Crippen LogP contribution < -0.4 is 9.62 Å². The number of aryl methyl sites for hydroxylation is 1. The monoisotopic (exact) mass is 603 g/mol. The Morgan fingerprint density at radius 1 is 0.884 bits per heavy atom. The molecule has 0 heterocycles. The molecule has 0 spiro atoms. The van der Waals surface area contributed by atoms with Crippen LogP contribution in [0.1, 0.15) is 74.1 Å². The number of carbonyl (C=O) groups is 2. The van der Waals surface area contributed by atoms with Crippen molar-refractivity contribution in [2.45, 2.75) is 83.8 Å². The van der Waals surface area contributed by atoms with Crippen LogP contribution in [-0.2, 0) is 32.6 Å². The number of rotatable bonds is 12. The van der Waals surface area contributed by atoms with E-state index < -0.39 is 28.5 Å². The average Bonchev–Trinajstić information content (AvgIpc) is 2.99. The lowest BCUT2D eigenvalue weighted by atomic mass is 9.94. The zero-order valence-corrected chi connectivity index (χ0v) is 26.6. The number of hydrogen-bond acceptors (Lipinski definition) is 4. The maximum absolute atomic E-state index is 14.4. The molecule has 1 N–H and O–H groups in total. The SMILES string of the molecule is Cc1ccccc1CN(C(=O)CN(c1ccccc1C(C)C)S(C)(=O)=O)[C@@H](Cc1ccccc1)C(=O)NC1CCCCC1. The molecule has 1 atom stereocenters. The molecule has 230 valence electrons. The number of nitrogens with one attached hydrogen (secondary N) is 1. The number of amides is 2. The molecule has 7 nitrogen and oxygen atoms in total. The normalized spacial score (nSPS) is 14.7. The summed E-state index contributed by atoms with van der Waals surface area (Å²) >= 11 is 0. The Morgan fingerprint density at radius 2 is 1.51 bits per heavy atom. The standard InChI is InChI=1S/C35H45N3O4S/c1-26(2)31-21-13-14-22-32(31)38(43(4,41)42)25-34(39)37(24-29-18-12-11-15-27(29)3)33(23-28-16-7-5-8-17-28)35(40)36-30-19-9-6-10-20-30/h5,7-8,11-18,21-22,26,30,33H,6,9-10,19-20,23-25H2,1-4H3,(H,36,40)/t33-/m0/s1. The first kappa shape index (κ1) is 32.3. The average molecular weight is 604 g/mol. The van der Waals surface area contributed by atoms with E-state index in [1.54, 1.807) is 17.0 Å². The molecule has 0 radical (unpaired) electrons. The van der Waals surface area contributed by atoms with Crippen LogP contribution in [0.3, 0.4) is 0 Å². The first-order valence-electron chi connectivity index (χ1n) is 15.3. The highest BCUT2D eigenvalue weighted by Gasteiger charge is 2.34. The number of benzene rings is 3. The van der Waals surface area contributed by atoms with E-state index in [1.165, 1.54) is 4.31 Å². The molecular weight excluding hydrogens is 558 g/mol. The van der Waals surface area contributed by atoms with Gasteiger partial charge in [0.05, 0.1) is 11.9 Å². The van der Waals surface area contributed by atoms with E-state index in [9.17, 15) is 18.0 Å². The molecule has 4 rings (SSSR count). The summed E-state index contributed by atoms with van der Waals surface area (Å²) in [7, 11) is -3.83. The van der Waals surface area contributed by atoms with Crippen molar-refractivity contribution in [2.24, 2.45) is 0 Å². The fourth-order valence-electron chi connectivity index (χ4n) is 5.87. The number of sulfonamides is 1. The second kappa shape index (κ2) is 14.7. The number of hydrogen-bond donors (Lipinski definition) is 1. The van der Waals surface area contributed by atoms with E-state index in [0.717, 1.165) is 60.6 Å². The molecular formula is C35H45N3O4S. The zero-order valence-electron chi connectivity index (χ0n) is 25.8. The molecule has 43 heavy (non-hydrogen) atoms. The van der Waals surface area contributed by atoms with Gasteiger partial charge in [-0.1, -0.05) is 106 Å². The third kappa shape index (κ3) is 8.69. The van der Waals surface area contributed by atoms with Gasteiger partial charge in [-0.05, 0) is 54.0 Å². The quantitative estimate of drug-likeness (QED) is 0.276. The minimum absolute atomic E-state index is 0.0470. The van der Waals surface area contributed by atoms with E-state index in [2.05, 4.69) is 5.32 Å². The summed E-state index contributed by atoms with van der Waals surface area (Å²) in [4.78, 5) is 30.1. The molecule has 0 aliphatic heterocycles. The van der Waals surface area contributed by atoms with Crippen LogP contribution in [0.2, 0.25) is 0 Å². The zero-order chi connectivity index (χ0) is 31.0. The lowest BCUT2D eigenvalue weighted by Gasteiger charge is -2.35.